The predicted octanol–water partition coefficient (Wildman–Crippen LogP) is 0.805. The lowest BCUT2D eigenvalue weighted by Crippen LogP contribution is -2.59. The van der Waals surface area contributed by atoms with Crippen molar-refractivity contribution in [2.24, 2.45) is 5.92 Å². The molecule has 0 aromatic rings. The van der Waals surface area contributed by atoms with Gasteiger partial charge < -0.3 is 19.5 Å². The number of ether oxygens (including phenoxy) is 3. The van der Waals surface area contributed by atoms with Gasteiger partial charge in [0.2, 0.25) is 0 Å². The third-order valence-electron chi connectivity index (χ3n) is 3.46. The van der Waals surface area contributed by atoms with Crippen LogP contribution >= 0.6 is 0 Å². The van der Waals surface area contributed by atoms with Crippen LogP contribution in [-0.2, 0) is 14.2 Å². The topological polar surface area (TPSA) is 39.7 Å². The molecule has 2 aliphatic rings. The first-order valence-electron chi connectivity index (χ1n) is 6.24. The first kappa shape index (κ1) is 12.3. The molecule has 0 heterocycles. The summed E-state index contributed by atoms with van der Waals surface area (Å²) in [6.07, 6.45) is 4.25. The highest BCUT2D eigenvalue weighted by Gasteiger charge is 2.42. The summed E-state index contributed by atoms with van der Waals surface area (Å²) >= 11 is 0. The van der Waals surface area contributed by atoms with E-state index in [1.54, 1.807) is 7.11 Å². The van der Waals surface area contributed by atoms with Crippen molar-refractivity contribution in [3.8, 4) is 0 Å². The van der Waals surface area contributed by atoms with E-state index in [-0.39, 0.29) is 12.2 Å². The van der Waals surface area contributed by atoms with Crippen LogP contribution in [0, 0.1) is 5.92 Å². The molecule has 3 unspecified atom stereocenters. The van der Waals surface area contributed by atoms with Crippen molar-refractivity contribution in [2.75, 3.05) is 34.0 Å². The summed E-state index contributed by atoms with van der Waals surface area (Å²) in [4.78, 5) is 0. The fraction of sp³-hybridized carbons (Fsp3) is 1.00. The van der Waals surface area contributed by atoms with Gasteiger partial charge in [-0.1, -0.05) is 0 Å². The maximum Gasteiger partial charge on any atom is 0.0991 e. The molecule has 0 saturated heterocycles. The van der Waals surface area contributed by atoms with Gasteiger partial charge in [0.1, 0.15) is 0 Å². The molecule has 1 N–H and O–H groups in total. The quantitative estimate of drug-likeness (QED) is 0.625. The fourth-order valence-electron chi connectivity index (χ4n) is 2.06. The highest BCUT2D eigenvalue weighted by atomic mass is 16.6. The maximum atomic E-state index is 5.87. The molecular weight excluding hydrogens is 206 g/mol. The van der Waals surface area contributed by atoms with Gasteiger partial charge in [-0.25, -0.2) is 0 Å². The van der Waals surface area contributed by atoms with E-state index in [1.807, 2.05) is 7.05 Å². The molecule has 4 heteroatoms. The van der Waals surface area contributed by atoms with Crippen LogP contribution in [0.1, 0.15) is 19.3 Å². The van der Waals surface area contributed by atoms with Gasteiger partial charge in [-0.2, -0.15) is 0 Å². The van der Waals surface area contributed by atoms with E-state index in [4.69, 9.17) is 14.2 Å². The van der Waals surface area contributed by atoms with Gasteiger partial charge >= 0.3 is 0 Å². The second-order valence-corrected chi connectivity index (χ2v) is 4.77. The molecule has 2 saturated carbocycles. The summed E-state index contributed by atoms with van der Waals surface area (Å²) in [6.45, 7) is 2.23. The molecule has 0 aromatic carbocycles. The Balaban J connectivity index is 1.65. The lowest BCUT2D eigenvalue weighted by atomic mass is 9.85. The maximum absolute atomic E-state index is 5.87. The summed E-state index contributed by atoms with van der Waals surface area (Å²) in [7, 11) is 3.68. The number of hydrogen-bond acceptors (Lipinski definition) is 4. The van der Waals surface area contributed by atoms with E-state index in [0.717, 1.165) is 18.9 Å². The SMILES string of the molecule is CNC1CC(OCC2CC2)C1OCCOC. The Morgan fingerprint density at radius 2 is 2.00 bits per heavy atom. The van der Waals surface area contributed by atoms with Gasteiger partial charge in [0.05, 0.1) is 25.4 Å². The van der Waals surface area contributed by atoms with Gasteiger partial charge in [-0.05, 0) is 32.2 Å². The van der Waals surface area contributed by atoms with Crippen molar-refractivity contribution >= 4 is 0 Å². The van der Waals surface area contributed by atoms with Gasteiger partial charge in [-0.15, -0.1) is 0 Å². The normalized spacial score (nSPS) is 33.8. The first-order chi connectivity index (χ1) is 7.85. The largest absolute Gasteiger partial charge is 0.382 e. The van der Waals surface area contributed by atoms with Crippen molar-refractivity contribution in [1.29, 1.82) is 0 Å². The summed E-state index contributed by atoms with van der Waals surface area (Å²) in [5, 5.41) is 3.27. The Bertz CT molecular complexity index is 208. The molecule has 2 rings (SSSR count). The van der Waals surface area contributed by atoms with Gasteiger partial charge in [0.15, 0.2) is 0 Å². The number of rotatable bonds is 8. The van der Waals surface area contributed by atoms with Crippen molar-refractivity contribution in [3.63, 3.8) is 0 Å². The summed E-state index contributed by atoms with van der Waals surface area (Å²) in [5.41, 5.74) is 0. The minimum absolute atomic E-state index is 0.207. The van der Waals surface area contributed by atoms with Gasteiger partial charge in [0, 0.05) is 19.8 Å². The molecule has 0 aliphatic heterocycles. The minimum atomic E-state index is 0.207. The Kier molecular flexibility index (Phi) is 4.58. The van der Waals surface area contributed by atoms with Crippen LogP contribution in [0.25, 0.3) is 0 Å². The molecule has 0 aromatic heterocycles. The highest BCUT2D eigenvalue weighted by molar-refractivity contribution is 4.97. The molecule has 2 aliphatic carbocycles. The van der Waals surface area contributed by atoms with E-state index < -0.39 is 0 Å². The number of nitrogens with one attached hydrogen (secondary N) is 1. The molecule has 0 radical (unpaired) electrons. The molecule has 94 valence electrons. The Hall–Kier alpha value is -0.160. The third kappa shape index (κ3) is 3.17. The monoisotopic (exact) mass is 229 g/mol. The minimum Gasteiger partial charge on any atom is -0.382 e. The van der Waals surface area contributed by atoms with Crippen LogP contribution in [0.15, 0.2) is 0 Å². The predicted molar refractivity (Wildman–Crippen MR) is 61.5 cm³/mol. The molecular formula is C12H23NO3. The zero-order valence-electron chi connectivity index (χ0n) is 10.3. The lowest BCUT2D eigenvalue weighted by molar-refractivity contribution is -0.152. The van der Waals surface area contributed by atoms with Crippen LogP contribution in [0.4, 0.5) is 0 Å². The molecule has 3 atom stereocenters. The zero-order valence-corrected chi connectivity index (χ0v) is 10.3. The molecule has 0 amide bonds. The Morgan fingerprint density at radius 1 is 1.19 bits per heavy atom. The number of methoxy groups -OCH3 is 1. The highest BCUT2D eigenvalue weighted by Crippen LogP contribution is 2.33. The van der Waals surface area contributed by atoms with Crippen LogP contribution in [0.5, 0.6) is 0 Å². The van der Waals surface area contributed by atoms with Crippen molar-refractivity contribution in [2.45, 2.75) is 37.5 Å². The number of hydrogen-bond donors (Lipinski definition) is 1. The van der Waals surface area contributed by atoms with Crippen LogP contribution in [0.2, 0.25) is 0 Å². The van der Waals surface area contributed by atoms with Crippen LogP contribution in [0.3, 0.4) is 0 Å². The molecule has 16 heavy (non-hydrogen) atoms. The van der Waals surface area contributed by atoms with Gasteiger partial charge in [-0.3, -0.25) is 0 Å². The van der Waals surface area contributed by atoms with Crippen LogP contribution < -0.4 is 5.32 Å². The van der Waals surface area contributed by atoms with Crippen molar-refractivity contribution in [1.82, 2.24) is 5.32 Å². The first-order valence-corrected chi connectivity index (χ1v) is 6.24. The zero-order chi connectivity index (χ0) is 11.4. The van der Waals surface area contributed by atoms with E-state index in [1.165, 1.54) is 12.8 Å². The average molecular weight is 229 g/mol. The molecule has 2 fully saturated rings. The van der Waals surface area contributed by atoms with E-state index in [2.05, 4.69) is 5.32 Å². The second kappa shape index (κ2) is 5.96. The number of likely N-dealkylation sites (N-methyl/N-ethyl adjacent to an activating group) is 1. The van der Waals surface area contributed by atoms with Crippen molar-refractivity contribution in [3.05, 3.63) is 0 Å². The summed E-state index contributed by atoms with van der Waals surface area (Å²) in [5.74, 6) is 0.827. The fourth-order valence-corrected chi connectivity index (χ4v) is 2.06. The molecule has 4 nitrogen and oxygen atoms in total. The van der Waals surface area contributed by atoms with Crippen LogP contribution in [-0.4, -0.2) is 52.2 Å². The van der Waals surface area contributed by atoms with E-state index in [9.17, 15) is 0 Å². The summed E-state index contributed by atoms with van der Waals surface area (Å²) < 4.78 is 16.6. The van der Waals surface area contributed by atoms with Crippen molar-refractivity contribution < 1.29 is 14.2 Å². The van der Waals surface area contributed by atoms with E-state index in [0.29, 0.717) is 19.3 Å². The van der Waals surface area contributed by atoms with Gasteiger partial charge in [0.25, 0.3) is 0 Å². The average Bonchev–Trinajstić information content (AvgIpc) is 3.07. The standard InChI is InChI=1S/C12H23NO3/c1-13-10-7-11(16-8-9-3-4-9)12(10)15-6-5-14-2/h9-13H,3-8H2,1-2H3. The smallest absolute Gasteiger partial charge is 0.0991 e. The Morgan fingerprint density at radius 3 is 2.62 bits per heavy atom. The third-order valence-corrected chi connectivity index (χ3v) is 3.46. The molecule has 0 bridgehead atoms. The Labute approximate surface area is 97.6 Å². The summed E-state index contributed by atoms with van der Waals surface area (Å²) in [6, 6.07) is 0.445. The lowest BCUT2D eigenvalue weighted by Gasteiger charge is -2.43. The molecule has 0 spiro atoms. The van der Waals surface area contributed by atoms with E-state index >= 15 is 0 Å². The second-order valence-electron chi connectivity index (χ2n) is 4.77.